The van der Waals surface area contributed by atoms with Gasteiger partial charge in [-0.15, -0.1) is 0 Å². The number of carbonyl (C=O) groups excluding carboxylic acids is 2. The molecule has 0 bridgehead atoms. The SMILES string of the molecule is COc1ccc(OC)c(C=C(NC(=O)c2ccccc2)C(=O)Nc2cc(C(=O)O)ccc2OC)c1. The third-order valence-corrected chi connectivity index (χ3v) is 4.96. The summed E-state index contributed by atoms with van der Waals surface area (Å²) in [4.78, 5) is 37.6. The molecule has 0 fully saturated rings. The molecule has 2 amide bonds. The Balaban J connectivity index is 2.04. The van der Waals surface area contributed by atoms with Gasteiger partial charge in [0.05, 0.1) is 32.6 Å². The summed E-state index contributed by atoms with van der Waals surface area (Å²) in [6.45, 7) is 0. The van der Waals surface area contributed by atoms with Gasteiger partial charge < -0.3 is 30.0 Å². The molecule has 3 rings (SSSR count). The van der Waals surface area contributed by atoms with Gasteiger partial charge >= 0.3 is 5.97 Å². The molecule has 0 unspecified atom stereocenters. The molecule has 0 aliphatic carbocycles. The van der Waals surface area contributed by atoms with Gasteiger partial charge in [0, 0.05) is 11.1 Å². The summed E-state index contributed by atoms with van der Waals surface area (Å²) in [5, 5.41) is 14.6. The number of ether oxygens (including phenoxy) is 3. The number of nitrogens with one attached hydrogen (secondary N) is 2. The fourth-order valence-corrected chi connectivity index (χ4v) is 3.18. The van der Waals surface area contributed by atoms with Gasteiger partial charge in [-0.2, -0.15) is 0 Å². The van der Waals surface area contributed by atoms with Crippen molar-refractivity contribution < 1.29 is 33.7 Å². The highest BCUT2D eigenvalue weighted by Crippen LogP contribution is 2.28. The zero-order valence-electron chi connectivity index (χ0n) is 19.3. The topological polar surface area (TPSA) is 123 Å². The van der Waals surface area contributed by atoms with Crippen molar-refractivity contribution in [2.24, 2.45) is 0 Å². The minimum atomic E-state index is -1.17. The Morgan fingerprint density at radius 3 is 2.11 bits per heavy atom. The lowest BCUT2D eigenvalue weighted by molar-refractivity contribution is -0.113. The first kappa shape index (κ1) is 24.8. The fourth-order valence-electron chi connectivity index (χ4n) is 3.18. The Hall–Kier alpha value is -4.79. The van der Waals surface area contributed by atoms with E-state index in [1.165, 1.54) is 45.6 Å². The second-order valence-corrected chi connectivity index (χ2v) is 7.16. The Labute approximate surface area is 201 Å². The minimum Gasteiger partial charge on any atom is -0.497 e. The fraction of sp³-hybridized carbons (Fsp3) is 0.115. The number of benzene rings is 3. The molecule has 35 heavy (non-hydrogen) atoms. The van der Waals surface area contributed by atoms with E-state index in [0.29, 0.717) is 22.6 Å². The highest BCUT2D eigenvalue weighted by Gasteiger charge is 2.19. The Morgan fingerprint density at radius 2 is 1.49 bits per heavy atom. The van der Waals surface area contributed by atoms with Crippen LogP contribution in [0.1, 0.15) is 26.3 Å². The monoisotopic (exact) mass is 476 g/mol. The molecule has 0 atom stereocenters. The molecule has 0 radical (unpaired) electrons. The molecule has 9 nitrogen and oxygen atoms in total. The van der Waals surface area contributed by atoms with Crippen LogP contribution in [-0.2, 0) is 4.79 Å². The molecule has 0 aromatic heterocycles. The quantitative estimate of drug-likeness (QED) is 0.401. The number of rotatable bonds is 9. The second kappa shape index (κ2) is 11.4. The summed E-state index contributed by atoms with van der Waals surface area (Å²) in [7, 11) is 4.37. The van der Waals surface area contributed by atoms with E-state index in [-0.39, 0.29) is 22.7 Å². The normalized spacial score (nSPS) is 10.8. The van der Waals surface area contributed by atoms with Gasteiger partial charge in [-0.05, 0) is 54.6 Å². The third-order valence-electron chi connectivity index (χ3n) is 4.96. The summed E-state index contributed by atoms with van der Waals surface area (Å²) in [6.07, 6.45) is 1.44. The van der Waals surface area contributed by atoms with E-state index in [9.17, 15) is 19.5 Å². The predicted molar refractivity (Wildman–Crippen MR) is 130 cm³/mol. The first-order valence-electron chi connectivity index (χ1n) is 10.4. The molecule has 0 heterocycles. The van der Waals surface area contributed by atoms with Crippen molar-refractivity contribution >= 4 is 29.5 Å². The van der Waals surface area contributed by atoms with Crippen LogP contribution >= 0.6 is 0 Å². The van der Waals surface area contributed by atoms with Gasteiger partial charge in [-0.3, -0.25) is 9.59 Å². The van der Waals surface area contributed by atoms with E-state index in [1.807, 2.05) is 0 Å². The van der Waals surface area contributed by atoms with E-state index in [2.05, 4.69) is 10.6 Å². The lowest BCUT2D eigenvalue weighted by Gasteiger charge is -2.15. The average Bonchev–Trinajstić information content (AvgIpc) is 2.88. The largest absolute Gasteiger partial charge is 0.497 e. The van der Waals surface area contributed by atoms with Gasteiger partial charge in [0.1, 0.15) is 22.9 Å². The van der Waals surface area contributed by atoms with Crippen molar-refractivity contribution in [1.82, 2.24) is 5.32 Å². The minimum absolute atomic E-state index is 0.0468. The molecule has 0 saturated heterocycles. The van der Waals surface area contributed by atoms with Crippen molar-refractivity contribution in [2.45, 2.75) is 0 Å². The Kier molecular flexibility index (Phi) is 8.07. The highest BCUT2D eigenvalue weighted by atomic mass is 16.5. The predicted octanol–water partition coefficient (Wildman–Crippen LogP) is 3.82. The zero-order valence-corrected chi connectivity index (χ0v) is 19.3. The maximum atomic E-state index is 13.3. The number of anilines is 1. The van der Waals surface area contributed by atoms with E-state index >= 15 is 0 Å². The highest BCUT2D eigenvalue weighted by molar-refractivity contribution is 6.11. The smallest absolute Gasteiger partial charge is 0.335 e. The van der Waals surface area contributed by atoms with Gasteiger partial charge in [-0.25, -0.2) is 4.79 Å². The molecular formula is C26H24N2O7. The summed E-state index contributed by atoms with van der Waals surface area (Å²) in [5.41, 5.74) is 0.767. The Morgan fingerprint density at radius 1 is 0.800 bits per heavy atom. The van der Waals surface area contributed by atoms with Crippen LogP contribution < -0.4 is 24.8 Å². The van der Waals surface area contributed by atoms with Crippen LogP contribution in [0.5, 0.6) is 17.2 Å². The molecule has 3 aromatic rings. The molecule has 0 aliphatic heterocycles. The van der Waals surface area contributed by atoms with Gasteiger partial charge in [-0.1, -0.05) is 18.2 Å². The summed E-state index contributed by atoms with van der Waals surface area (Å²) in [5.74, 6) is -1.19. The first-order chi connectivity index (χ1) is 16.9. The molecule has 0 spiro atoms. The van der Waals surface area contributed by atoms with Crippen molar-refractivity contribution in [3.05, 3.63) is 89.1 Å². The Bertz CT molecular complexity index is 1270. The van der Waals surface area contributed by atoms with Crippen LogP contribution in [0.4, 0.5) is 5.69 Å². The van der Waals surface area contributed by atoms with Crippen LogP contribution in [-0.4, -0.2) is 44.2 Å². The maximum Gasteiger partial charge on any atom is 0.335 e. The molecule has 9 heteroatoms. The number of carboxylic acid groups (broad SMARTS) is 1. The molecular weight excluding hydrogens is 452 g/mol. The van der Waals surface area contributed by atoms with Crippen LogP contribution in [0.2, 0.25) is 0 Å². The van der Waals surface area contributed by atoms with Crippen molar-refractivity contribution in [3.8, 4) is 17.2 Å². The number of hydrogen-bond acceptors (Lipinski definition) is 6. The molecule has 0 aliphatic rings. The van der Waals surface area contributed by atoms with Crippen molar-refractivity contribution in [2.75, 3.05) is 26.6 Å². The average molecular weight is 476 g/mol. The third kappa shape index (κ3) is 6.17. The molecule has 180 valence electrons. The van der Waals surface area contributed by atoms with Crippen LogP contribution in [0.3, 0.4) is 0 Å². The summed E-state index contributed by atoms with van der Waals surface area (Å²) >= 11 is 0. The first-order valence-corrected chi connectivity index (χ1v) is 10.4. The van der Waals surface area contributed by atoms with E-state index in [0.717, 1.165) is 0 Å². The molecule has 3 N–H and O–H groups in total. The molecule has 3 aromatic carbocycles. The van der Waals surface area contributed by atoms with Gasteiger partial charge in [0.2, 0.25) is 0 Å². The van der Waals surface area contributed by atoms with Crippen molar-refractivity contribution in [3.63, 3.8) is 0 Å². The van der Waals surface area contributed by atoms with Crippen LogP contribution in [0.25, 0.3) is 6.08 Å². The summed E-state index contributed by atoms with van der Waals surface area (Å²) in [6, 6.07) is 17.4. The number of hydrogen-bond donors (Lipinski definition) is 3. The van der Waals surface area contributed by atoms with Gasteiger partial charge in [0.25, 0.3) is 11.8 Å². The number of aromatic carboxylic acids is 1. The lowest BCUT2D eigenvalue weighted by atomic mass is 10.1. The number of amides is 2. The molecule has 0 saturated carbocycles. The van der Waals surface area contributed by atoms with Gasteiger partial charge in [0.15, 0.2) is 0 Å². The summed E-state index contributed by atoms with van der Waals surface area (Å²) < 4.78 is 15.9. The standard InChI is InChI=1S/C26H24N2O7/c1-33-19-10-12-22(34-2)18(13-19)15-21(28-24(29)16-7-5-4-6-8-16)25(30)27-20-14-17(26(31)32)9-11-23(20)35-3/h4-15H,1-3H3,(H,27,30)(H,28,29)(H,31,32). The van der Waals surface area contributed by atoms with Crippen LogP contribution in [0.15, 0.2) is 72.4 Å². The maximum absolute atomic E-state index is 13.3. The van der Waals surface area contributed by atoms with Crippen LogP contribution in [0, 0.1) is 0 Å². The van der Waals surface area contributed by atoms with E-state index in [1.54, 1.807) is 48.5 Å². The van der Waals surface area contributed by atoms with E-state index < -0.39 is 17.8 Å². The number of carboxylic acids is 1. The van der Waals surface area contributed by atoms with E-state index in [4.69, 9.17) is 14.2 Å². The number of carbonyl (C=O) groups is 3. The van der Waals surface area contributed by atoms with Crippen molar-refractivity contribution in [1.29, 1.82) is 0 Å². The lowest BCUT2D eigenvalue weighted by Crippen LogP contribution is -2.31. The number of methoxy groups -OCH3 is 3. The zero-order chi connectivity index (χ0) is 25.4. The second-order valence-electron chi connectivity index (χ2n) is 7.16.